The van der Waals surface area contributed by atoms with Gasteiger partial charge in [0.15, 0.2) is 0 Å². The molecule has 0 spiro atoms. The Morgan fingerprint density at radius 3 is 2.75 bits per heavy atom. The normalized spacial score (nSPS) is 16.4. The van der Waals surface area contributed by atoms with Crippen LogP contribution in [0.4, 0.5) is 0 Å². The van der Waals surface area contributed by atoms with Crippen molar-refractivity contribution in [1.82, 2.24) is 15.2 Å². The Bertz CT molecular complexity index is 970. The molecule has 1 aliphatic rings. The zero-order chi connectivity index (χ0) is 19.3. The van der Waals surface area contributed by atoms with Crippen LogP contribution in [0.15, 0.2) is 60.8 Å². The fraction of sp³-hybridized carbons (Fsp3) is 0.273. The fourth-order valence-corrected chi connectivity index (χ4v) is 4.71. The molecule has 144 valence electrons. The maximum absolute atomic E-state index is 12.8. The van der Waals surface area contributed by atoms with Crippen LogP contribution in [0.2, 0.25) is 0 Å². The molecule has 1 aromatic heterocycles. The van der Waals surface area contributed by atoms with E-state index in [0.29, 0.717) is 31.0 Å². The minimum atomic E-state index is -0.385. The summed E-state index contributed by atoms with van der Waals surface area (Å²) < 4.78 is 0. The number of hydrogen-bond donors (Lipinski definition) is 2. The number of benzene rings is 2. The van der Waals surface area contributed by atoms with Gasteiger partial charge in [-0.25, -0.2) is 0 Å². The van der Waals surface area contributed by atoms with Gasteiger partial charge in [-0.15, -0.1) is 11.8 Å². The zero-order valence-electron chi connectivity index (χ0n) is 15.6. The Hall–Kier alpha value is -2.73. The van der Waals surface area contributed by atoms with E-state index in [1.165, 1.54) is 0 Å². The van der Waals surface area contributed by atoms with Gasteiger partial charge in [-0.1, -0.05) is 48.5 Å². The summed E-state index contributed by atoms with van der Waals surface area (Å²) in [4.78, 5) is 30.4. The second-order valence-electron chi connectivity index (χ2n) is 6.94. The van der Waals surface area contributed by atoms with Crippen molar-refractivity contribution in [3.8, 4) is 0 Å². The van der Waals surface area contributed by atoms with Crippen molar-refractivity contribution in [3.05, 3.63) is 71.9 Å². The van der Waals surface area contributed by atoms with Crippen molar-refractivity contribution >= 4 is 34.5 Å². The van der Waals surface area contributed by atoms with Gasteiger partial charge in [0.05, 0.1) is 5.88 Å². The summed E-state index contributed by atoms with van der Waals surface area (Å²) in [6, 6.07) is 17.5. The number of aromatic amines is 1. The van der Waals surface area contributed by atoms with Crippen LogP contribution in [-0.4, -0.2) is 39.4 Å². The van der Waals surface area contributed by atoms with E-state index >= 15 is 0 Å². The minimum absolute atomic E-state index is 0.0372. The van der Waals surface area contributed by atoms with E-state index in [9.17, 15) is 9.59 Å². The summed E-state index contributed by atoms with van der Waals surface area (Å²) in [7, 11) is 0. The molecule has 2 aromatic carbocycles. The number of hydrogen-bond acceptors (Lipinski definition) is 3. The standard InChI is InChI=1S/C22H23N3O2S/c26-21(11-10-17-13-23-19-9-5-4-8-18(17)19)25-15-28-14-20(25)22(27)24-12-16-6-2-1-3-7-16/h1-9,13,20,23H,10-12,14-15H2,(H,24,27)/t20-/m1/s1. The van der Waals surface area contributed by atoms with E-state index in [1.54, 1.807) is 16.7 Å². The molecule has 4 rings (SSSR count). The summed E-state index contributed by atoms with van der Waals surface area (Å²) in [5.74, 6) is 1.19. The highest BCUT2D eigenvalue weighted by Crippen LogP contribution is 2.24. The van der Waals surface area contributed by atoms with Crippen molar-refractivity contribution in [2.45, 2.75) is 25.4 Å². The smallest absolute Gasteiger partial charge is 0.243 e. The fourth-order valence-electron chi connectivity index (χ4n) is 3.53. The Morgan fingerprint density at radius 1 is 1.11 bits per heavy atom. The van der Waals surface area contributed by atoms with Crippen LogP contribution < -0.4 is 5.32 Å². The lowest BCUT2D eigenvalue weighted by molar-refractivity contribution is -0.138. The molecule has 3 aromatic rings. The van der Waals surface area contributed by atoms with E-state index in [2.05, 4.69) is 16.4 Å². The predicted molar refractivity (Wildman–Crippen MR) is 113 cm³/mol. The summed E-state index contributed by atoms with van der Waals surface area (Å²) in [6.07, 6.45) is 3.05. The summed E-state index contributed by atoms with van der Waals surface area (Å²) in [6.45, 7) is 0.484. The molecule has 1 atom stereocenters. The highest BCUT2D eigenvalue weighted by Gasteiger charge is 2.34. The number of amides is 2. The largest absolute Gasteiger partial charge is 0.361 e. The van der Waals surface area contributed by atoms with Crippen LogP contribution in [0, 0.1) is 0 Å². The van der Waals surface area contributed by atoms with Crippen molar-refractivity contribution < 1.29 is 9.59 Å². The lowest BCUT2D eigenvalue weighted by Crippen LogP contribution is -2.47. The number of fused-ring (bicyclic) bond motifs is 1. The van der Waals surface area contributed by atoms with E-state index in [-0.39, 0.29) is 17.9 Å². The third-order valence-electron chi connectivity index (χ3n) is 5.10. The van der Waals surface area contributed by atoms with E-state index in [1.807, 2.05) is 54.7 Å². The van der Waals surface area contributed by atoms with Gasteiger partial charge in [-0.2, -0.15) is 0 Å². The molecule has 0 radical (unpaired) electrons. The molecule has 1 saturated heterocycles. The zero-order valence-corrected chi connectivity index (χ0v) is 16.4. The van der Waals surface area contributed by atoms with Crippen LogP contribution in [0.3, 0.4) is 0 Å². The Balaban J connectivity index is 1.34. The molecule has 0 bridgehead atoms. The first-order valence-corrected chi connectivity index (χ1v) is 10.6. The van der Waals surface area contributed by atoms with E-state index in [4.69, 9.17) is 0 Å². The van der Waals surface area contributed by atoms with Gasteiger partial charge >= 0.3 is 0 Å². The molecule has 1 fully saturated rings. The van der Waals surface area contributed by atoms with Crippen LogP contribution in [-0.2, 0) is 22.6 Å². The average molecular weight is 394 g/mol. The Labute approximate surface area is 168 Å². The average Bonchev–Trinajstić information content (AvgIpc) is 3.38. The highest BCUT2D eigenvalue weighted by atomic mass is 32.2. The number of aryl methyl sites for hydroxylation is 1. The molecule has 0 saturated carbocycles. The van der Waals surface area contributed by atoms with E-state index < -0.39 is 0 Å². The number of H-pyrrole nitrogens is 1. The summed E-state index contributed by atoms with van der Waals surface area (Å²) >= 11 is 1.63. The second kappa shape index (κ2) is 8.52. The first kappa shape index (κ1) is 18.6. The number of thioether (sulfide) groups is 1. The maximum Gasteiger partial charge on any atom is 0.243 e. The topological polar surface area (TPSA) is 65.2 Å². The number of nitrogens with zero attached hydrogens (tertiary/aromatic N) is 1. The van der Waals surface area contributed by atoms with Gasteiger partial charge < -0.3 is 15.2 Å². The number of para-hydroxylation sites is 1. The number of carbonyl (C=O) groups is 2. The van der Waals surface area contributed by atoms with Gasteiger partial charge in [0.25, 0.3) is 0 Å². The first-order valence-electron chi connectivity index (χ1n) is 9.46. The lowest BCUT2D eigenvalue weighted by Gasteiger charge is -2.23. The number of aromatic nitrogens is 1. The lowest BCUT2D eigenvalue weighted by atomic mass is 10.1. The monoisotopic (exact) mass is 393 g/mol. The molecule has 5 nitrogen and oxygen atoms in total. The van der Waals surface area contributed by atoms with Gasteiger partial charge in [0, 0.05) is 35.8 Å². The van der Waals surface area contributed by atoms with Crippen molar-refractivity contribution in [3.63, 3.8) is 0 Å². The number of carbonyl (C=O) groups excluding carboxylic acids is 2. The van der Waals surface area contributed by atoms with Crippen LogP contribution >= 0.6 is 11.8 Å². The summed E-state index contributed by atoms with van der Waals surface area (Å²) in [5, 5.41) is 4.12. The molecular weight excluding hydrogens is 370 g/mol. The molecule has 0 unspecified atom stereocenters. The number of nitrogens with one attached hydrogen (secondary N) is 2. The molecule has 6 heteroatoms. The second-order valence-corrected chi connectivity index (χ2v) is 7.94. The Morgan fingerprint density at radius 2 is 1.89 bits per heavy atom. The predicted octanol–water partition coefficient (Wildman–Crippen LogP) is 3.32. The van der Waals surface area contributed by atoms with Crippen molar-refractivity contribution in [2.75, 3.05) is 11.6 Å². The SMILES string of the molecule is O=C(NCc1ccccc1)[C@H]1CSCN1C(=O)CCc1c[nH]c2ccccc12. The third-order valence-corrected chi connectivity index (χ3v) is 6.11. The first-order chi connectivity index (χ1) is 13.7. The molecule has 0 aliphatic carbocycles. The van der Waals surface area contributed by atoms with Crippen molar-refractivity contribution in [2.24, 2.45) is 0 Å². The quantitative estimate of drug-likeness (QED) is 0.675. The van der Waals surface area contributed by atoms with Crippen LogP contribution in [0.25, 0.3) is 10.9 Å². The molecule has 2 amide bonds. The van der Waals surface area contributed by atoms with E-state index in [0.717, 1.165) is 22.0 Å². The van der Waals surface area contributed by atoms with Gasteiger partial charge in [-0.05, 0) is 23.6 Å². The molecule has 1 aliphatic heterocycles. The molecule has 2 N–H and O–H groups in total. The van der Waals surface area contributed by atoms with Crippen molar-refractivity contribution in [1.29, 1.82) is 0 Å². The van der Waals surface area contributed by atoms with Crippen LogP contribution in [0.5, 0.6) is 0 Å². The highest BCUT2D eigenvalue weighted by molar-refractivity contribution is 7.99. The van der Waals surface area contributed by atoms with Gasteiger partial charge in [0.1, 0.15) is 6.04 Å². The van der Waals surface area contributed by atoms with Gasteiger partial charge in [-0.3, -0.25) is 9.59 Å². The third kappa shape index (κ3) is 4.07. The molecular formula is C22H23N3O2S. The Kier molecular flexibility index (Phi) is 5.67. The summed E-state index contributed by atoms with van der Waals surface area (Å²) in [5.41, 5.74) is 3.28. The molecule has 2 heterocycles. The number of rotatable bonds is 6. The van der Waals surface area contributed by atoms with Gasteiger partial charge in [0.2, 0.25) is 11.8 Å². The maximum atomic E-state index is 12.8. The van der Waals surface area contributed by atoms with Crippen LogP contribution in [0.1, 0.15) is 17.5 Å². The minimum Gasteiger partial charge on any atom is -0.361 e. The molecule has 28 heavy (non-hydrogen) atoms.